The Hall–Kier alpha value is -2.57. The van der Waals surface area contributed by atoms with Crippen molar-refractivity contribution in [3.63, 3.8) is 0 Å². The summed E-state index contributed by atoms with van der Waals surface area (Å²) in [6.07, 6.45) is 3.33. The molecule has 3 amide bonds. The number of carbonyl (C=O) groups excluding carboxylic acids is 2. The minimum atomic E-state index is -1.17. The fourth-order valence-electron chi connectivity index (χ4n) is 3.87. The molecule has 0 bridgehead atoms. The van der Waals surface area contributed by atoms with E-state index in [1.54, 1.807) is 17.0 Å². The Bertz CT molecular complexity index is 663. The highest BCUT2D eigenvalue weighted by atomic mass is 16.4. The summed E-state index contributed by atoms with van der Waals surface area (Å²) in [6, 6.07) is 9.01. The van der Waals surface area contributed by atoms with Crippen LogP contribution in [0.3, 0.4) is 0 Å². The van der Waals surface area contributed by atoms with Crippen molar-refractivity contribution in [2.75, 3.05) is 13.1 Å². The summed E-state index contributed by atoms with van der Waals surface area (Å²) in [5, 5.41) is 14.7. The van der Waals surface area contributed by atoms with Crippen LogP contribution in [0.25, 0.3) is 0 Å². The van der Waals surface area contributed by atoms with E-state index in [1.165, 1.54) is 0 Å². The quantitative estimate of drug-likeness (QED) is 0.718. The largest absolute Gasteiger partial charge is 0.465 e. The number of amides is 3. The van der Waals surface area contributed by atoms with E-state index < -0.39 is 11.8 Å². The molecule has 1 aromatic rings. The van der Waals surface area contributed by atoms with Gasteiger partial charge in [-0.25, -0.2) is 4.79 Å². The number of hydrogen-bond donors (Lipinski definition) is 3. The van der Waals surface area contributed by atoms with Gasteiger partial charge in [-0.05, 0) is 25.0 Å². The third kappa shape index (κ3) is 4.15. The average Bonchev–Trinajstić information content (AvgIpc) is 3.17. The second-order valence-electron chi connectivity index (χ2n) is 7.14. The summed E-state index contributed by atoms with van der Waals surface area (Å²) in [5.41, 5.74) is -0.389. The zero-order valence-corrected chi connectivity index (χ0v) is 14.7. The molecular weight excluding hydrogens is 334 g/mol. The van der Waals surface area contributed by atoms with Crippen molar-refractivity contribution in [2.45, 2.75) is 44.2 Å². The average molecular weight is 359 g/mol. The van der Waals surface area contributed by atoms with Gasteiger partial charge in [0.1, 0.15) is 5.66 Å². The van der Waals surface area contributed by atoms with Crippen LogP contribution < -0.4 is 10.6 Å². The molecule has 1 saturated carbocycles. The van der Waals surface area contributed by atoms with Crippen LogP contribution in [0.2, 0.25) is 0 Å². The number of nitrogens with zero attached hydrogens (tertiary/aromatic N) is 1. The van der Waals surface area contributed by atoms with Crippen LogP contribution in [0.4, 0.5) is 4.79 Å². The molecule has 3 rings (SSSR count). The van der Waals surface area contributed by atoms with E-state index in [0.717, 1.165) is 25.7 Å². The molecule has 0 atom stereocenters. The zero-order chi connectivity index (χ0) is 18.6. The molecule has 2 aliphatic rings. The summed E-state index contributed by atoms with van der Waals surface area (Å²) in [6.45, 7) is 0.776. The molecule has 7 heteroatoms. The maximum absolute atomic E-state index is 12.6. The van der Waals surface area contributed by atoms with Gasteiger partial charge in [0.2, 0.25) is 5.91 Å². The first-order chi connectivity index (χ1) is 12.5. The molecule has 3 N–H and O–H groups in total. The molecule has 0 unspecified atom stereocenters. The van der Waals surface area contributed by atoms with Gasteiger partial charge in [0.05, 0.1) is 0 Å². The first-order valence-electron chi connectivity index (χ1n) is 9.17. The van der Waals surface area contributed by atoms with E-state index >= 15 is 0 Å². The van der Waals surface area contributed by atoms with Gasteiger partial charge < -0.3 is 15.3 Å². The fraction of sp³-hybridized carbons (Fsp3) is 0.526. The molecule has 0 aromatic heterocycles. The number of carboxylic acid groups (broad SMARTS) is 1. The SMILES string of the molecule is O=C(O)NC1(NC(=O)C2CCCC2)CCN(C(=O)c2ccccc2)CC1. The number of carbonyl (C=O) groups is 3. The van der Waals surface area contributed by atoms with Gasteiger partial charge in [-0.2, -0.15) is 0 Å². The van der Waals surface area contributed by atoms with Crippen LogP contribution in [-0.2, 0) is 4.79 Å². The van der Waals surface area contributed by atoms with Gasteiger partial charge in [-0.3, -0.25) is 14.9 Å². The summed E-state index contributed by atoms with van der Waals surface area (Å²) in [5.74, 6) is -0.192. The molecule has 140 valence electrons. The number of likely N-dealkylation sites (tertiary alicyclic amines) is 1. The van der Waals surface area contributed by atoms with Gasteiger partial charge in [-0.1, -0.05) is 31.0 Å². The zero-order valence-electron chi connectivity index (χ0n) is 14.7. The predicted molar refractivity (Wildman–Crippen MR) is 95.6 cm³/mol. The van der Waals surface area contributed by atoms with Gasteiger partial charge in [0, 0.05) is 37.4 Å². The highest BCUT2D eigenvalue weighted by molar-refractivity contribution is 5.94. The standard InChI is InChI=1S/C19H25N3O4/c23-16(14-6-4-5-7-14)20-19(21-18(25)26)10-12-22(13-11-19)17(24)15-8-2-1-3-9-15/h1-3,8-9,14,21H,4-7,10-13H2,(H,20,23)(H,25,26). The Labute approximate surface area is 152 Å². The van der Waals surface area contributed by atoms with Crippen molar-refractivity contribution in [1.29, 1.82) is 0 Å². The third-order valence-electron chi connectivity index (χ3n) is 5.36. The lowest BCUT2D eigenvalue weighted by molar-refractivity contribution is -0.127. The summed E-state index contributed by atoms with van der Waals surface area (Å²) in [7, 11) is 0. The summed E-state index contributed by atoms with van der Waals surface area (Å²) in [4.78, 5) is 38.1. The number of rotatable bonds is 4. The van der Waals surface area contributed by atoms with Crippen LogP contribution in [0, 0.1) is 5.92 Å². The van der Waals surface area contributed by atoms with Crippen molar-refractivity contribution < 1.29 is 19.5 Å². The van der Waals surface area contributed by atoms with E-state index in [2.05, 4.69) is 10.6 Å². The fourth-order valence-corrected chi connectivity index (χ4v) is 3.87. The minimum Gasteiger partial charge on any atom is -0.465 e. The molecule has 1 aliphatic carbocycles. The van der Waals surface area contributed by atoms with Gasteiger partial charge >= 0.3 is 6.09 Å². The normalized spacial score (nSPS) is 19.8. The number of piperidine rings is 1. The van der Waals surface area contributed by atoms with Crippen molar-refractivity contribution in [2.24, 2.45) is 5.92 Å². The Morgan fingerprint density at radius 1 is 1.00 bits per heavy atom. The highest BCUT2D eigenvalue weighted by Crippen LogP contribution is 2.27. The molecule has 7 nitrogen and oxygen atoms in total. The van der Waals surface area contributed by atoms with E-state index in [9.17, 15) is 19.5 Å². The molecule has 1 saturated heterocycles. The van der Waals surface area contributed by atoms with E-state index in [1.807, 2.05) is 18.2 Å². The Balaban J connectivity index is 1.65. The van der Waals surface area contributed by atoms with E-state index in [4.69, 9.17) is 0 Å². The number of benzene rings is 1. The maximum atomic E-state index is 12.6. The van der Waals surface area contributed by atoms with Gasteiger partial charge in [-0.15, -0.1) is 0 Å². The summed E-state index contributed by atoms with van der Waals surface area (Å²) < 4.78 is 0. The summed E-state index contributed by atoms with van der Waals surface area (Å²) >= 11 is 0. The van der Waals surface area contributed by atoms with Crippen LogP contribution in [-0.4, -0.2) is 46.7 Å². The molecule has 1 aliphatic heterocycles. The third-order valence-corrected chi connectivity index (χ3v) is 5.36. The molecule has 1 aromatic carbocycles. The van der Waals surface area contributed by atoms with E-state index in [0.29, 0.717) is 31.5 Å². The van der Waals surface area contributed by atoms with E-state index in [-0.39, 0.29) is 17.7 Å². The van der Waals surface area contributed by atoms with Gasteiger partial charge in [0.15, 0.2) is 0 Å². The van der Waals surface area contributed by atoms with Crippen molar-refractivity contribution in [1.82, 2.24) is 15.5 Å². The highest BCUT2D eigenvalue weighted by Gasteiger charge is 2.40. The Morgan fingerprint density at radius 2 is 1.62 bits per heavy atom. The first kappa shape index (κ1) is 18.2. The predicted octanol–water partition coefficient (Wildman–Crippen LogP) is 2.19. The second kappa shape index (κ2) is 7.76. The molecule has 2 fully saturated rings. The minimum absolute atomic E-state index is 0.0357. The van der Waals surface area contributed by atoms with Gasteiger partial charge in [0.25, 0.3) is 5.91 Å². The van der Waals surface area contributed by atoms with Crippen molar-refractivity contribution in [3.05, 3.63) is 35.9 Å². The number of nitrogens with one attached hydrogen (secondary N) is 2. The molecule has 1 heterocycles. The second-order valence-corrected chi connectivity index (χ2v) is 7.14. The molecular formula is C19H25N3O4. The first-order valence-corrected chi connectivity index (χ1v) is 9.17. The lowest BCUT2D eigenvalue weighted by Crippen LogP contribution is -2.65. The Morgan fingerprint density at radius 3 is 2.19 bits per heavy atom. The number of hydrogen-bond acceptors (Lipinski definition) is 3. The van der Waals surface area contributed by atoms with Crippen molar-refractivity contribution >= 4 is 17.9 Å². The Kier molecular flexibility index (Phi) is 5.44. The molecule has 0 radical (unpaired) electrons. The smallest absolute Gasteiger partial charge is 0.406 e. The van der Waals surface area contributed by atoms with Crippen LogP contribution >= 0.6 is 0 Å². The van der Waals surface area contributed by atoms with Crippen molar-refractivity contribution in [3.8, 4) is 0 Å². The topological polar surface area (TPSA) is 98.7 Å². The lowest BCUT2D eigenvalue weighted by Gasteiger charge is -2.42. The monoisotopic (exact) mass is 359 g/mol. The molecule has 0 spiro atoms. The lowest BCUT2D eigenvalue weighted by atomic mass is 9.94. The van der Waals surface area contributed by atoms with Crippen LogP contribution in [0.5, 0.6) is 0 Å². The molecule has 26 heavy (non-hydrogen) atoms. The van der Waals surface area contributed by atoms with Crippen LogP contribution in [0.15, 0.2) is 30.3 Å². The maximum Gasteiger partial charge on any atom is 0.406 e. The van der Waals surface area contributed by atoms with Crippen LogP contribution in [0.1, 0.15) is 48.9 Å².